The molecule has 6 nitrogen and oxygen atoms in total. The number of hydrogen-bond acceptors (Lipinski definition) is 4. The molecule has 1 saturated heterocycles. The Morgan fingerprint density at radius 1 is 0.862 bits per heavy atom. The van der Waals surface area contributed by atoms with Crippen molar-refractivity contribution in [1.29, 1.82) is 0 Å². The van der Waals surface area contributed by atoms with Crippen molar-refractivity contribution in [3.63, 3.8) is 0 Å². The largest absolute Gasteiger partial charge is 0.483 e. The van der Waals surface area contributed by atoms with Gasteiger partial charge in [0.2, 0.25) is 0 Å². The van der Waals surface area contributed by atoms with Gasteiger partial charge in [-0.25, -0.2) is 4.79 Å². The zero-order chi connectivity index (χ0) is 20.2. The second kappa shape index (κ2) is 8.22. The van der Waals surface area contributed by atoms with E-state index >= 15 is 0 Å². The molecule has 0 aromatic heterocycles. The molecule has 1 aliphatic rings. The first kappa shape index (κ1) is 18.8. The molecule has 1 N–H and O–H groups in total. The first-order valence-corrected chi connectivity index (χ1v) is 9.58. The summed E-state index contributed by atoms with van der Waals surface area (Å²) in [5.74, 6) is -0.245. The summed E-state index contributed by atoms with van der Waals surface area (Å²) in [6.07, 6.45) is 0. The Balaban J connectivity index is 1.32. The van der Waals surface area contributed by atoms with E-state index in [1.165, 1.54) is 0 Å². The summed E-state index contributed by atoms with van der Waals surface area (Å²) in [5, 5.41) is 11.1. The summed E-state index contributed by atoms with van der Waals surface area (Å²) in [7, 11) is 0. The van der Waals surface area contributed by atoms with E-state index < -0.39 is 5.97 Å². The van der Waals surface area contributed by atoms with Gasteiger partial charge in [-0.3, -0.25) is 4.79 Å². The molecule has 4 rings (SSSR count). The van der Waals surface area contributed by atoms with E-state index in [4.69, 9.17) is 9.84 Å². The summed E-state index contributed by atoms with van der Waals surface area (Å²) in [6, 6.07) is 20.6. The van der Waals surface area contributed by atoms with Crippen LogP contribution in [0.4, 0.5) is 5.69 Å². The lowest BCUT2D eigenvalue weighted by atomic mass is 10.1. The number of nitrogens with zero attached hydrogens (tertiary/aromatic N) is 2. The van der Waals surface area contributed by atoms with Gasteiger partial charge in [0.25, 0.3) is 5.91 Å². The monoisotopic (exact) mass is 390 g/mol. The molecule has 29 heavy (non-hydrogen) atoms. The fourth-order valence-electron chi connectivity index (χ4n) is 3.58. The van der Waals surface area contributed by atoms with E-state index in [9.17, 15) is 9.59 Å². The van der Waals surface area contributed by atoms with Gasteiger partial charge in [-0.05, 0) is 35.7 Å². The van der Waals surface area contributed by atoms with Crippen LogP contribution in [0.15, 0.2) is 66.7 Å². The highest BCUT2D eigenvalue weighted by Crippen LogP contribution is 2.25. The van der Waals surface area contributed by atoms with Gasteiger partial charge < -0.3 is 19.6 Å². The van der Waals surface area contributed by atoms with Gasteiger partial charge in [0.1, 0.15) is 5.75 Å². The van der Waals surface area contributed by atoms with Gasteiger partial charge in [0.15, 0.2) is 6.61 Å². The third-order valence-electron chi connectivity index (χ3n) is 5.21. The minimum Gasteiger partial charge on any atom is -0.483 e. The number of aromatic carboxylic acids is 1. The van der Waals surface area contributed by atoms with Crippen LogP contribution in [0.5, 0.6) is 5.75 Å². The Labute approximate surface area is 168 Å². The van der Waals surface area contributed by atoms with Crippen LogP contribution in [0.3, 0.4) is 0 Å². The highest BCUT2D eigenvalue weighted by molar-refractivity contribution is 5.89. The summed E-state index contributed by atoms with van der Waals surface area (Å²) in [4.78, 5) is 27.5. The van der Waals surface area contributed by atoms with Crippen LogP contribution in [0, 0.1) is 0 Å². The van der Waals surface area contributed by atoms with Crippen LogP contribution < -0.4 is 9.64 Å². The third-order valence-corrected chi connectivity index (χ3v) is 5.21. The van der Waals surface area contributed by atoms with Crippen molar-refractivity contribution in [3.05, 3.63) is 72.3 Å². The molecule has 0 unspecified atom stereocenters. The molecule has 3 aromatic rings. The average molecular weight is 390 g/mol. The minimum atomic E-state index is -0.932. The molecule has 0 saturated carbocycles. The first-order valence-electron chi connectivity index (χ1n) is 9.58. The highest BCUT2D eigenvalue weighted by atomic mass is 16.5. The molecule has 1 heterocycles. The number of rotatable bonds is 5. The average Bonchev–Trinajstić information content (AvgIpc) is 2.77. The molecule has 1 amide bonds. The smallest absolute Gasteiger partial charge is 0.335 e. The molecule has 0 bridgehead atoms. The first-order chi connectivity index (χ1) is 14.1. The third kappa shape index (κ3) is 4.16. The molecule has 148 valence electrons. The van der Waals surface area contributed by atoms with Crippen LogP contribution in [0.2, 0.25) is 0 Å². The normalized spacial score (nSPS) is 14.1. The number of ether oxygens (including phenoxy) is 1. The Kier molecular flexibility index (Phi) is 5.33. The van der Waals surface area contributed by atoms with E-state index in [0.29, 0.717) is 31.9 Å². The van der Waals surface area contributed by atoms with E-state index in [1.807, 2.05) is 59.5 Å². The second-order valence-electron chi connectivity index (χ2n) is 6.99. The highest BCUT2D eigenvalue weighted by Gasteiger charge is 2.22. The summed E-state index contributed by atoms with van der Waals surface area (Å²) in [5.41, 5.74) is 1.24. The van der Waals surface area contributed by atoms with E-state index in [1.54, 1.807) is 12.1 Å². The van der Waals surface area contributed by atoms with Crippen molar-refractivity contribution in [2.45, 2.75) is 0 Å². The van der Waals surface area contributed by atoms with E-state index in [2.05, 4.69) is 4.90 Å². The van der Waals surface area contributed by atoms with Gasteiger partial charge in [-0.15, -0.1) is 0 Å². The topological polar surface area (TPSA) is 70.1 Å². The van der Waals surface area contributed by atoms with Crippen molar-refractivity contribution >= 4 is 28.3 Å². The summed E-state index contributed by atoms with van der Waals surface area (Å²) < 4.78 is 5.82. The molecule has 0 aliphatic carbocycles. The zero-order valence-corrected chi connectivity index (χ0v) is 16.0. The lowest BCUT2D eigenvalue weighted by Gasteiger charge is -2.36. The standard InChI is InChI=1S/C23H22N2O4/c26-22(16-29-21-7-3-5-17-4-1-2-6-20(17)21)25-14-12-24(13-15-25)19-10-8-18(9-11-19)23(27)28/h1-11H,12-16H2,(H,27,28). The number of carbonyl (C=O) groups is 2. The molecular weight excluding hydrogens is 368 g/mol. The van der Waals surface area contributed by atoms with Crippen LogP contribution in [0.1, 0.15) is 10.4 Å². The van der Waals surface area contributed by atoms with Gasteiger partial charge in [0.05, 0.1) is 5.56 Å². The second-order valence-corrected chi connectivity index (χ2v) is 6.99. The number of carboxylic acid groups (broad SMARTS) is 1. The Morgan fingerprint density at radius 3 is 2.28 bits per heavy atom. The fraction of sp³-hybridized carbons (Fsp3) is 0.217. The Hall–Kier alpha value is -3.54. The SMILES string of the molecule is O=C(O)c1ccc(N2CCN(C(=O)COc3cccc4ccccc34)CC2)cc1. The van der Waals surface area contributed by atoms with Gasteiger partial charge in [-0.2, -0.15) is 0 Å². The quantitative estimate of drug-likeness (QED) is 0.724. The fourth-order valence-corrected chi connectivity index (χ4v) is 3.58. The molecule has 0 atom stereocenters. The van der Waals surface area contributed by atoms with Crippen LogP contribution in [-0.2, 0) is 4.79 Å². The van der Waals surface area contributed by atoms with Gasteiger partial charge in [0, 0.05) is 37.3 Å². The number of carbonyl (C=O) groups excluding carboxylic acids is 1. The lowest BCUT2D eigenvalue weighted by molar-refractivity contribution is -0.133. The molecular formula is C23H22N2O4. The number of carboxylic acids is 1. The number of piperazine rings is 1. The van der Waals surface area contributed by atoms with Crippen molar-refractivity contribution in [2.24, 2.45) is 0 Å². The van der Waals surface area contributed by atoms with E-state index in [0.717, 1.165) is 16.5 Å². The Morgan fingerprint density at radius 2 is 1.55 bits per heavy atom. The maximum atomic E-state index is 12.6. The maximum Gasteiger partial charge on any atom is 0.335 e. The Bertz CT molecular complexity index is 1020. The number of amides is 1. The molecule has 0 spiro atoms. The lowest BCUT2D eigenvalue weighted by Crippen LogP contribution is -2.50. The predicted octanol–water partition coefficient (Wildman–Crippen LogP) is 3.27. The number of anilines is 1. The van der Waals surface area contributed by atoms with Crippen molar-refractivity contribution < 1.29 is 19.4 Å². The summed E-state index contributed by atoms with van der Waals surface area (Å²) >= 11 is 0. The molecule has 1 aliphatic heterocycles. The molecule has 3 aromatic carbocycles. The molecule has 0 radical (unpaired) electrons. The van der Waals surface area contributed by atoms with Gasteiger partial charge in [-0.1, -0.05) is 36.4 Å². The molecule has 6 heteroatoms. The van der Waals surface area contributed by atoms with Crippen molar-refractivity contribution in [1.82, 2.24) is 4.90 Å². The van der Waals surface area contributed by atoms with Crippen LogP contribution in [0.25, 0.3) is 10.8 Å². The van der Waals surface area contributed by atoms with E-state index in [-0.39, 0.29) is 18.1 Å². The van der Waals surface area contributed by atoms with Crippen LogP contribution >= 0.6 is 0 Å². The number of hydrogen-bond donors (Lipinski definition) is 1. The molecule has 1 fully saturated rings. The predicted molar refractivity (Wildman–Crippen MR) is 112 cm³/mol. The van der Waals surface area contributed by atoms with Crippen molar-refractivity contribution in [3.8, 4) is 5.75 Å². The maximum absolute atomic E-state index is 12.6. The van der Waals surface area contributed by atoms with Crippen molar-refractivity contribution in [2.75, 3.05) is 37.7 Å². The minimum absolute atomic E-state index is 0.0152. The number of fused-ring (bicyclic) bond motifs is 1. The number of benzene rings is 3. The zero-order valence-electron chi connectivity index (χ0n) is 16.0. The summed E-state index contributed by atoms with van der Waals surface area (Å²) in [6.45, 7) is 2.64. The van der Waals surface area contributed by atoms with Crippen LogP contribution in [-0.4, -0.2) is 54.7 Å². The van der Waals surface area contributed by atoms with Gasteiger partial charge >= 0.3 is 5.97 Å².